The predicted molar refractivity (Wildman–Crippen MR) is 130 cm³/mol. The monoisotopic (exact) mass is 446 g/mol. The Labute approximate surface area is 194 Å². The van der Waals surface area contributed by atoms with Crippen LogP contribution in [0.2, 0.25) is 0 Å². The maximum absolute atomic E-state index is 12.9. The van der Waals surface area contributed by atoms with E-state index in [-0.39, 0.29) is 12.5 Å². The maximum Gasteiger partial charge on any atom is 0.408 e. The molecule has 33 heavy (non-hydrogen) atoms. The summed E-state index contributed by atoms with van der Waals surface area (Å²) in [7, 11) is 0. The van der Waals surface area contributed by atoms with Gasteiger partial charge < -0.3 is 20.1 Å². The van der Waals surface area contributed by atoms with Crippen LogP contribution in [0, 0.1) is 0 Å². The molecular weight excluding hydrogens is 416 g/mol. The third kappa shape index (κ3) is 8.09. The average Bonchev–Trinajstić information content (AvgIpc) is 2.79. The van der Waals surface area contributed by atoms with E-state index in [0.29, 0.717) is 12.3 Å². The normalized spacial score (nSPS) is 12.0. The zero-order valence-electron chi connectivity index (χ0n) is 19.2. The van der Waals surface area contributed by atoms with Gasteiger partial charge in [0.15, 0.2) is 0 Å². The molecular formula is C27H30N2O4. The zero-order valence-corrected chi connectivity index (χ0v) is 19.2. The van der Waals surface area contributed by atoms with Crippen LogP contribution in [0.4, 0.5) is 10.5 Å². The van der Waals surface area contributed by atoms with Crippen LogP contribution in [0.1, 0.15) is 26.3 Å². The first-order chi connectivity index (χ1) is 15.8. The number of hydrogen-bond acceptors (Lipinski definition) is 4. The topological polar surface area (TPSA) is 76.7 Å². The first-order valence-electron chi connectivity index (χ1n) is 10.9. The first-order valence-corrected chi connectivity index (χ1v) is 10.9. The van der Waals surface area contributed by atoms with Gasteiger partial charge in [-0.3, -0.25) is 4.79 Å². The highest BCUT2D eigenvalue weighted by molar-refractivity contribution is 5.96. The molecule has 6 heteroatoms. The minimum atomic E-state index is -0.919. The van der Waals surface area contributed by atoms with Crippen molar-refractivity contribution in [1.82, 2.24) is 5.32 Å². The van der Waals surface area contributed by atoms with Crippen molar-refractivity contribution in [2.24, 2.45) is 0 Å². The molecule has 0 aliphatic carbocycles. The summed E-state index contributed by atoms with van der Waals surface area (Å²) < 4.78 is 11.0. The van der Waals surface area contributed by atoms with Crippen LogP contribution < -0.4 is 10.6 Å². The lowest BCUT2D eigenvalue weighted by atomic mass is 10.1. The van der Waals surface area contributed by atoms with Gasteiger partial charge in [0.05, 0.1) is 13.2 Å². The fraction of sp³-hybridized carbons (Fsp3) is 0.259. The molecule has 0 spiro atoms. The van der Waals surface area contributed by atoms with Gasteiger partial charge in [-0.15, -0.1) is 0 Å². The summed E-state index contributed by atoms with van der Waals surface area (Å²) in [5, 5.41) is 5.47. The first kappa shape index (κ1) is 24.0. The van der Waals surface area contributed by atoms with Gasteiger partial charge in [-0.2, -0.15) is 0 Å². The molecule has 0 bridgehead atoms. The molecule has 3 rings (SSSR count). The zero-order chi connectivity index (χ0) is 23.7. The summed E-state index contributed by atoms with van der Waals surface area (Å²) in [6.07, 6.45) is -0.676. The molecule has 0 saturated carbocycles. The summed E-state index contributed by atoms with van der Waals surface area (Å²) >= 11 is 0. The summed E-state index contributed by atoms with van der Waals surface area (Å²) in [6, 6.07) is 26.2. The molecule has 0 unspecified atom stereocenters. The molecule has 172 valence electrons. The van der Waals surface area contributed by atoms with Crippen LogP contribution in [0.5, 0.6) is 0 Å². The molecule has 0 saturated heterocycles. The lowest BCUT2D eigenvalue weighted by Crippen LogP contribution is -2.48. The van der Waals surface area contributed by atoms with Crippen molar-refractivity contribution in [3.63, 3.8) is 0 Å². The number of amides is 2. The summed E-state index contributed by atoms with van der Waals surface area (Å²) in [4.78, 5) is 25.2. The third-order valence-electron chi connectivity index (χ3n) is 4.66. The van der Waals surface area contributed by atoms with Gasteiger partial charge in [-0.1, -0.05) is 72.8 Å². The van der Waals surface area contributed by atoms with Crippen LogP contribution in [-0.4, -0.2) is 30.3 Å². The second-order valence-electron chi connectivity index (χ2n) is 8.63. The van der Waals surface area contributed by atoms with Gasteiger partial charge in [-0.25, -0.2) is 4.79 Å². The number of alkyl carbamates (subject to hydrolysis) is 1. The van der Waals surface area contributed by atoms with Gasteiger partial charge in [0, 0.05) is 5.69 Å². The Morgan fingerprint density at radius 2 is 1.39 bits per heavy atom. The lowest BCUT2D eigenvalue weighted by molar-refractivity contribution is -0.119. The molecule has 6 nitrogen and oxygen atoms in total. The highest BCUT2D eigenvalue weighted by atomic mass is 16.6. The summed E-state index contributed by atoms with van der Waals surface area (Å²) in [5.74, 6) is -0.388. The number of rotatable bonds is 8. The van der Waals surface area contributed by atoms with Crippen molar-refractivity contribution < 1.29 is 19.1 Å². The van der Waals surface area contributed by atoms with E-state index < -0.39 is 17.7 Å². The SMILES string of the molecule is CC(C)(C)OC(=O)N[C@@H](COCc1ccccc1)C(=O)Nc1ccc(-c2ccccc2)cc1. The Hall–Kier alpha value is -3.64. The van der Waals surface area contributed by atoms with Crippen molar-refractivity contribution in [3.8, 4) is 11.1 Å². The number of nitrogens with one attached hydrogen (secondary N) is 2. The second kappa shape index (κ2) is 11.3. The maximum atomic E-state index is 12.9. The highest BCUT2D eigenvalue weighted by Gasteiger charge is 2.25. The van der Waals surface area contributed by atoms with Gasteiger partial charge in [0.25, 0.3) is 0 Å². The van der Waals surface area contributed by atoms with E-state index in [9.17, 15) is 9.59 Å². The fourth-order valence-electron chi connectivity index (χ4n) is 3.11. The number of ether oxygens (including phenoxy) is 2. The van der Waals surface area contributed by atoms with E-state index in [2.05, 4.69) is 10.6 Å². The minimum absolute atomic E-state index is 0.00205. The summed E-state index contributed by atoms with van der Waals surface area (Å²) in [5.41, 5.74) is 3.06. The van der Waals surface area contributed by atoms with Crippen molar-refractivity contribution in [2.75, 3.05) is 11.9 Å². The third-order valence-corrected chi connectivity index (χ3v) is 4.66. The van der Waals surface area contributed by atoms with Crippen LogP contribution in [0.3, 0.4) is 0 Å². The quantitative estimate of drug-likeness (QED) is 0.486. The largest absolute Gasteiger partial charge is 0.444 e. The van der Waals surface area contributed by atoms with Gasteiger partial charge in [0.1, 0.15) is 11.6 Å². The predicted octanol–water partition coefficient (Wildman–Crippen LogP) is 5.40. The molecule has 1 atom stereocenters. The van der Waals surface area contributed by atoms with E-state index in [1.165, 1.54) is 0 Å². The van der Waals surface area contributed by atoms with Crippen LogP contribution in [0.15, 0.2) is 84.9 Å². The van der Waals surface area contributed by atoms with Gasteiger partial charge in [-0.05, 0) is 49.6 Å². The minimum Gasteiger partial charge on any atom is -0.444 e. The Morgan fingerprint density at radius 1 is 0.818 bits per heavy atom. The van der Waals surface area contributed by atoms with E-state index in [1.54, 1.807) is 20.8 Å². The molecule has 0 aromatic heterocycles. The second-order valence-corrected chi connectivity index (χ2v) is 8.63. The summed E-state index contributed by atoms with van der Waals surface area (Å²) in [6.45, 7) is 5.63. The molecule has 0 heterocycles. The molecule has 0 aliphatic rings. The van der Waals surface area contributed by atoms with Crippen LogP contribution >= 0.6 is 0 Å². The molecule has 2 amide bonds. The van der Waals surface area contributed by atoms with Crippen molar-refractivity contribution >= 4 is 17.7 Å². The van der Waals surface area contributed by atoms with Crippen LogP contribution in [0.25, 0.3) is 11.1 Å². The molecule has 0 radical (unpaired) electrons. The number of hydrogen-bond donors (Lipinski definition) is 2. The Morgan fingerprint density at radius 3 is 2.00 bits per heavy atom. The Kier molecular flexibility index (Phi) is 8.22. The highest BCUT2D eigenvalue weighted by Crippen LogP contribution is 2.21. The van der Waals surface area contributed by atoms with E-state index in [4.69, 9.17) is 9.47 Å². The van der Waals surface area contributed by atoms with Crippen LogP contribution in [-0.2, 0) is 20.9 Å². The lowest BCUT2D eigenvalue weighted by Gasteiger charge is -2.23. The molecule has 0 aliphatic heterocycles. The van der Waals surface area contributed by atoms with Gasteiger partial charge >= 0.3 is 6.09 Å². The standard InChI is InChI=1S/C27H30N2O4/c1-27(2,3)33-26(31)29-24(19-32-18-20-10-6-4-7-11-20)25(30)28-23-16-14-22(15-17-23)21-12-8-5-9-13-21/h4-17,24H,18-19H2,1-3H3,(H,28,30)(H,29,31)/t24-/m0/s1. The Bertz CT molecular complexity index is 1030. The van der Waals surface area contributed by atoms with E-state index in [0.717, 1.165) is 16.7 Å². The van der Waals surface area contributed by atoms with Crippen molar-refractivity contribution in [1.29, 1.82) is 0 Å². The smallest absolute Gasteiger partial charge is 0.408 e. The molecule has 2 N–H and O–H groups in total. The molecule has 3 aromatic rings. The van der Waals surface area contributed by atoms with Gasteiger partial charge in [0.2, 0.25) is 5.91 Å². The van der Waals surface area contributed by atoms with Crippen molar-refractivity contribution in [3.05, 3.63) is 90.5 Å². The fourth-order valence-corrected chi connectivity index (χ4v) is 3.11. The van der Waals surface area contributed by atoms with E-state index >= 15 is 0 Å². The Balaban J connectivity index is 1.64. The number of benzene rings is 3. The van der Waals surface area contributed by atoms with E-state index in [1.807, 2.05) is 84.9 Å². The number of anilines is 1. The average molecular weight is 447 g/mol. The molecule has 0 fully saturated rings. The number of carbonyl (C=O) groups excluding carboxylic acids is 2. The van der Waals surface area contributed by atoms with Crippen molar-refractivity contribution in [2.45, 2.75) is 39.0 Å². The number of carbonyl (C=O) groups is 2. The molecule has 3 aromatic carbocycles.